The average molecular weight is 261 g/mol. The maximum atomic E-state index is 11.9. The van der Waals surface area contributed by atoms with Crippen LogP contribution in [-0.2, 0) is 11.2 Å². The molecule has 5 nitrogen and oxygen atoms in total. The van der Waals surface area contributed by atoms with Crippen molar-refractivity contribution in [2.75, 3.05) is 21.2 Å². The molecule has 1 amide bonds. The lowest BCUT2D eigenvalue weighted by Crippen LogP contribution is -2.23. The van der Waals surface area contributed by atoms with Gasteiger partial charge < -0.3 is 14.1 Å². The molecule has 100 valence electrons. The van der Waals surface area contributed by atoms with E-state index in [0.29, 0.717) is 16.9 Å². The summed E-state index contributed by atoms with van der Waals surface area (Å²) in [4.78, 5) is 24.7. The molecule has 2 rings (SSSR count). The summed E-state index contributed by atoms with van der Waals surface area (Å²) >= 11 is 0. The molecule has 0 aliphatic rings. The first-order valence-electron chi connectivity index (χ1n) is 5.83. The van der Waals surface area contributed by atoms with Gasteiger partial charge in [0.2, 0.25) is 5.91 Å². The highest BCUT2D eigenvalue weighted by atomic mass is 16.5. The summed E-state index contributed by atoms with van der Waals surface area (Å²) in [5, 5.41) is 0.766. The van der Waals surface area contributed by atoms with Gasteiger partial charge in [-0.3, -0.25) is 4.79 Å². The van der Waals surface area contributed by atoms with Gasteiger partial charge in [0.1, 0.15) is 11.3 Å². The predicted octanol–water partition coefficient (Wildman–Crippen LogP) is 1.43. The van der Waals surface area contributed by atoms with E-state index in [-0.39, 0.29) is 12.3 Å². The van der Waals surface area contributed by atoms with E-state index < -0.39 is 5.63 Å². The van der Waals surface area contributed by atoms with Crippen LogP contribution in [0.25, 0.3) is 11.0 Å². The number of carbonyl (C=O) groups is 1. The molecule has 2 aromatic rings. The first-order chi connectivity index (χ1) is 9.02. The Bertz CT molecular complexity index is 673. The van der Waals surface area contributed by atoms with Gasteiger partial charge in [-0.25, -0.2) is 4.79 Å². The molecule has 0 N–H and O–H groups in total. The fraction of sp³-hybridized carbons (Fsp3) is 0.286. The van der Waals surface area contributed by atoms with Crippen LogP contribution >= 0.6 is 0 Å². The fourth-order valence-electron chi connectivity index (χ4n) is 1.84. The van der Waals surface area contributed by atoms with Crippen LogP contribution in [0.5, 0.6) is 5.75 Å². The van der Waals surface area contributed by atoms with Gasteiger partial charge in [0.25, 0.3) is 0 Å². The Kier molecular flexibility index (Phi) is 3.55. The SMILES string of the molecule is COc1ccc2ccc(=O)oc2c1CC(=O)N(C)C. The summed E-state index contributed by atoms with van der Waals surface area (Å²) in [6.07, 6.45) is 0.125. The molecule has 0 aliphatic carbocycles. The lowest BCUT2D eigenvalue weighted by molar-refractivity contribution is -0.127. The lowest BCUT2D eigenvalue weighted by atomic mass is 10.1. The van der Waals surface area contributed by atoms with E-state index in [1.54, 1.807) is 32.3 Å². The molecule has 1 heterocycles. The molecule has 0 bridgehead atoms. The van der Waals surface area contributed by atoms with Gasteiger partial charge in [-0.2, -0.15) is 0 Å². The number of hydrogen-bond acceptors (Lipinski definition) is 4. The zero-order valence-electron chi connectivity index (χ0n) is 11.1. The third-order valence-electron chi connectivity index (χ3n) is 2.90. The Balaban J connectivity index is 2.63. The van der Waals surface area contributed by atoms with Gasteiger partial charge in [0.15, 0.2) is 0 Å². The minimum Gasteiger partial charge on any atom is -0.496 e. The third-order valence-corrected chi connectivity index (χ3v) is 2.90. The maximum Gasteiger partial charge on any atom is 0.336 e. The van der Waals surface area contributed by atoms with Crippen molar-refractivity contribution in [1.82, 2.24) is 4.90 Å². The predicted molar refractivity (Wildman–Crippen MR) is 71.4 cm³/mol. The second-order valence-electron chi connectivity index (χ2n) is 4.38. The molecule has 0 unspecified atom stereocenters. The van der Waals surface area contributed by atoms with E-state index in [1.165, 1.54) is 18.1 Å². The number of ether oxygens (including phenoxy) is 1. The first kappa shape index (κ1) is 13.1. The highest BCUT2D eigenvalue weighted by Gasteiger charge is 2.16. The molecule has 0 atom stereocenters. The number of fused-ring (bicyclic) bond motifs is 1. The zero-order valence-corrected chi connectivity index (χ0v) is 11.1. The molecular weight excluding hydrogens is 246 g/mol. The van der Waals surface area contributed by atoms with Gasteiger partial charge >= 0.3 is 5.63 Å². The minimum absolute atomic E-state index is 0.0858. The standard InChI is InChI=1S/C14H15NO4/c1-15(2)12(16)8-10-11(18-3)6-4-9-5-7-13(17)19-14(9)10/h4-7H,8H2,1-3H3. The van der Waals surface area contributed by atoms with Crippen LogP contribution in [0.1, 0.15) is 5.56 Å². The monoisotopic (exact) mass is 261 g/mol. The number of amides is 1. The second-order valence-corrected chi connectivity index (χ2v) is 4.38. The van der Waals surface area contributed by atoms with Gasteiger partial charge in [-0.1, -0.05) is 0 Å². The van der Waals surface area contributed by atoms with E-state index in [9.17, 15) is 9.59 Å². The smallest absolute Gasteiger partial charge is 0.336 e. The Morgan fingerprint density at radius 3 is 2.58 bits per heavy atom. The molecule has 1 aromatic heterocycles. The molecule has 0 spiro atoms. The van der Waals surface area contributed by atoms with Crippen LogP contribution in [-0.4, -0.2) is 32.0 Å². The van der Waals surface area contributed by atoms with Gasteiger partial charge in [0, 0.05) is 31.1 Å². The van der Waals surface area contributed by atoms with Gasteiger partial charge in [0.05, 0.1) is 13.5 Å². The quantitative estimate of drug-likeness (QED) is 0.784. The number of hydrogen-bond donors (Lipinski definition) is 0. The summed E-state index contributed by atoms with van der Waals surface area (Å²) < 4.78 is 10.5. The van der Waals surface area contributed by atoms with Crippen molar-refractivity contribution in [2.24, 2.45) is 0 Å². The van der Waals surface area contributed by atoms with Crippen LogP contribution in [0.15, 0.2) is 33.5 Å². The number of carbonyl (C=O) groups excluding carboxylic acids is 1. The molecule has 0 fully saturated rings. The Morgan fingerprint density at radius 2 is 1.95 bits per heavy atom. The molecule has 0 saturated carbocycles. The van der Waals surface area contributed by atoms with Crippen molar-refractivity contribution in [3.63, 3.8) is 0 Å². The number of benzene rings is 1. The van der Waals surface area contributed by atoms with Crippen LogP contribution in [0.2, 0.25) is 0 Å². The normalized spacial score (nSPS) is 10.5. The van der Waals surface area contributed by atoms with Crippen molar-refractivity contribution < 1.29 is 13.9 Å². The van der Waals surface area contributed by atoms with Crippen LogP contribution in [0.3, 0.4) is 0 Å². The second kappa shape index (κ2) is 5.14. The topological polar surface area (TPSA) is 59.8 Å². The van der Waals surface area contributed by atoms with E-state index in [2.05, 4.69) is 0 Å². The number of likely N-dealkylation sites (N-methyl/N-ethyl adjacent to an activating group) is 1. The third kappa shape index (κ3) is 2.59. The summed E-state index contributed by atoms with van der Waals surface area (Å²) in [5.41, 5.74) is 0.553. The zero-order chi connectivity index (χ0) is 14.0. The molecule has 5 heteroatoms. The Hall–Kier alpha value is -2.30. The summed E-state index contributed by atoms with van der Waals surface area (Å²) in [6.45, 7) is 0. The largest absolute Gasteiger partial charge is 0.496 e. The number of rotatable bonds is 3. The Morgan fingerprint density at radius 1 is 1.26 bits per heavy atom. The maximum absolute atomic E-state index is 11.9. The van der Waals surface area contributed by atoms with Gasteiger partial charge in [-0.15, -0.1) is 0 Å². The van der Waals surface area contributed by atoms with E-state index in [0.717, 1.165) is 5.39 Å². The van der Waals surface area contributed by atoms with Crippen molar-refractivity contribution in [3.05, 3.63) is 40.2 Å². The molecule has 0 aliphatic heterocycles. The van der Waals surface area contributed by atoms with Crippen molar-refractivity contribution in [3.8, 4) is 5.75 Å². The first-order valence-corrected chi connectivity index (χ1v) is 5.83. The number of methoxy groups -OCH3 is 1. The average Bonchev–Trinajstić information content (AvgIpc) is 2.39. The highest BCUT2D eigenvalue weighted by molar-refractivity contribution is 5.88. The van der Waals surface area contributed by atoms with Crippen molar-refractivity contribution >= 4 is 16.9 Å². The van der Waals surface area contributed by atoms with Crippen molar-refractivity contribution in [2.45, 2.75) is 6.42 Å². The van der Waals surface area contributed by atoms with E-state index >= 15 is 0 Å². The fourth-order valence-corrected chi connectivity index (χ4v) is 1.84. The molecule has 1 aromatic carbocycles. The van der Waals surface area contributed by atoms with E-state index in [1.807, 2.05) is 0 Å². The summed E-state index contributed by atoms with van der Waals surface area (Å²) in [7, 11) is 4.87. The van der Waals surface area contributed by atoms with Crippen LogP contribution < -0.4 is 10.4 Å². The van der Waals surface area contributed by atoms with E-state index in [4.69, 9.17) is 9.15 Å². The summed E-state index contributed by atoms with van der Waals surface area (Å²) in [5.74, 6) is 0.453. The molecule has 19 heavy (non-hydrogen) atoms. The minimum atomic E-state index is -0.445. The molecular formula is C14H15NO4. The highest BCUT2D eigenvalue weighted by Crippen LogP contribution is 2.27. The van der Waals surface area contributed by atoms with Crippen LogP contribution in [0.4, 0.5) is 0 Å². The summed E-state index contributed by atoms with van der Waals surface area (Å²) in [6, 6.07) is 6.58. The van der Waals surface area contributed by atoms with Crippen molar-refractivity contribution in [1.29, 1.82) is 0 Å². The van der Waals surface area contributed by atoms with Gasteiger partial charge in [-0.05, 0) is 18.2 Å². The number of nitrogens with zero attached hydrogens (tertiary/aromatic N) is 1. The molecule has 0 saturated heterocycles. The van der Waals surface area contributed by atoms with Crippen LogP contribution in [0, 0.1) is 0 Å². The molecule has 0 radical (unpaired) electrons. The lowest BCUT2D eigenvalue weighted by Gasteiger charge is -2.13. The Labute approximate surface area is 110 Å².